The van der Waals surface area contributed by atoms with E-state index in [0.717, 1.165) is 0 Å². The molecule has 166 valence electrons. The number of aliphatic hydroxyl groups excluding tert-OH is 1. The van der Waals surface area contributed by atoms with Crippen molar-refractivity contribution in [2.45, 2.75) is 50.2 Å². The number of aliphatic carboxylic acids is 1. The standard InChI is InChI=1S/C16H30N6O7/c17-6-2-1-3-10(15(28)20-7-13(25)26)21-16(29)11(8-23)22-14(27)9(18)4-5-12(19)24/h9-11,23H,1-8,17-18H2,(H2,19,24)(H,20,28)(H,21,29)(H,22,27)(H,25,26). The predicted molar refractivity (Wildman–Crippen MR) is 101 cm³/mol. The Hall–Kier alpha value is -2.77. The summed E-state index contributed by atoms with van der Waals surface area (Å²) in [5.41, 5.74) is 16.0. The van der Waals surface area contributed by atoms with E-state index in [1.807, 2.05) is 0 Å². The van der Waals surface area contributed by atoms with Crippen molar-refractivity contribution in [3.05, 3.63) is 0 Å². The number of nitrogens with two attached hydrogens (primary N) is 3. The summed E-state index contributed by atoms with van der Waals surface area (Å²) < 4.78 is 0. The van der Waals surface area contributed by atoms with E-state index in [1.54, 1.807) is 0 Å². The summed E-state index contributed by atoms with van der Waals surface area (Å²) in [6.45, 7) is -1.03. The highest BCUT2D eigenvalue weighted by atomic mass is 16.4. The maximum atomic E-state index is 12.4. The van der Waals surface area contributed by atoms with Crippen molar-refractivity contribution in [2.75, 3.05) is 19.7 Å². The van der Waals surface area contributed by atoms with Crippen molar-refractivity contribution in [3.63, 3.8) is 0 Å². The second-order valence-corrected chi connectivity index (χ2v) is 6.31. The number of rotatable bonds is 15. The molecule has 0 saturated heterocycles. The van der Waals surface area contributed by atoms with Crippen molar-refractivity contribution in [1.29, 1.82) is 0 Å². The molecule has 0 aromatic carbocycles. The Kier molecular flexibility index (Phi) is 12.9. The van der Waals surface area contributed by atoms with Crippen LogP contribution < -0.4 is 33.2 Å². The first-order valence-corrected chi connectivity index (χ1v) is 9.07. The first-order valence-electron chi connectivity index (χ1n) is 9.07. The van der Waals surface area contributed by atoms with Crippen LogP contribution in [0.15, 0.2) is 0 Å². The molecular weight excluding hydrogens is 388 g/mol. The number of primary amides is 1. The van der Waals surface area contributed by atoms with Gasteiger partial charge in [0.25, 0.3) is 0 Å². The van der Waals surface area contributed by atoms with E-state index in [-0.39, 0.29) is 19.3 Å². The van der Waals surface area contributed by atoms with Crippen LogP contribution in [0, 0.1) is 0 Å². The van der Waals surface area contributed by atoms with Gasteiger partial charge < -0.3 is 43.4 Å². The summed E-state index contributed by atoms with van der Waals surface area (Å²) >= 11 is 0. The quantitative estimate of drug-likeness (QED) is 0.120. The third-order valence-electron chi connectivity index (χ3n) is 3.85. The van der Waals surface area contributed by atoms with Crippen LogP contribution in [0.3, 0.4) is 0 Å². The molecule has 13 heteroatoms. The summed E-state index contributed by atoms with van der Waals surface area (Å²) in [7, 11) is 0. The normalized spacial score (nSPS) is 13.6. The van der Waals surface area contributed by atoms with Gasteiger partial charge in [-0.3, -0.25) is 24.0 Å². The van der Waals surface area contributed by atoms with E-state index < -0.39 is 60.9 Å². The lowest BCUT2D eigenvalue weighted by atomic mass is 10.1. The molecule has 0 spiro atoms. The van der Waals surface area contributed by atoms with E-state index >= 15 is 0 Å². The number of nitrogens with one attached hydrogen (secondary N) is 3. The van der Waals surface area contributed by atoms with Crippen molar-refractivity contribution >= 4 is 29.6 Å². The molecule has 0 saturated carbocycles. The van der Waals surface area contributed by atoms with Gasteiger partial charge >= 0.3 is 5.97 Å². The summed E-state index contributed by atoms with van der Waals surface area (Å²) in [6.07, 6.45) is 1.07. The zero-order chi connectivity index (χ0) is 22.4. The van der Waals surface area contributed by atoms with Gasteiger partial charge in [0.15, 0.2) is 0 Å². The zero-order valence-corrected chi connectivity index (χ0v) is 16.1. The summed E-state index contributed by atoms with van der Waals surface area (Å²) in [4.78, 5) is 57.8. The molecule has 0 aromatic rings. The molecule has 4 amide bonds. The third-order valence-corrected chi connectivity index (χ3v) is 3.85. The summed E-state index contributed by atoms with van der Waals surface area (Å²) in [5, 5.41) is 24.8. The minimum absolute atomic E-state index is 0.0414. The molecule has 13 nitrogen and oxygen atoms in total. The largest absolute Gasteiger partial charge is 0.480 e. The number of carboxylic acids is 1. The Morgan fingerprint density at radius 1 is 0.897 bits per heavy atom. The van der Waals surface area contributed by atoms with Crippen molar-refractivity contribution < 1.29 is 34.2 Å². The van der Waals surface area contributed by atoms with Crippen LogP contribution >= 0.6 is 0 Å². The van der Waals surface area contributed by atoms with Gasteiger partial charge in [-0.1, -0.05) is 0 Å². The highest BCUT2D eigenvalue weighted by molar-refractivity contribution is 5.93. The second-order valence-electron chi connectivity index (χ2n) is 6.31. The van der Waals surface area contributed by atoms with Crippen molar-refractivity contribution in [1.82, 2.24) is 16.0 Å². The fourth-order valence-electron chi connectivity index (χ4n) is 2.22. The number of amides is 4. The minimum Gasteiger partial charge on any atom is -0.480 e. The maximum Gasteiger partial charge on any atom is 0.322 e. The number of carbonyl (C=O) groups excluding carboxylic acids is 4. The third kappa shape index (κ3) is 11.6. The maximum absolute atomic E-state index is 12.4. The Labute approximate surface area is 167 Å². The molecule has 0 rings (SSSR count). The van der Waals surface area contributed by atoms with E-state index in [0.29, 0.717) is 19.4 Å². The van der Waals surface area contributed by atoms with Crippen LogP contribution in [0.4, 0.5) is 0 Å². The van der Waals surface area contributed by atoms with Crippen LogP contribution in [0.2, 0.25) is 0 Å². The molecule has 0 aliphatic carbocycles. The molecule has 0 aliphatic rings. The number of hydrogen-bond donors (Lipinski definition) is 8. The van der Waals surface area contributed by atoms with Crippen LogP contribution in [-0.4, -0.2) is 77.6 Å². The Bertz CT molecular complexity index is 586. The Balaban J connectivity index is 4.92. The lowest BCUT2D eigenvalue weighted by molar-refractivity contribution is -0.138. The minimum atomic E-state index is -1.40. The second kappa shape index (κ2) is 14.3. The van der Waals surface area contributed by atoms with Gasteiger partial charge in [-0.05, 0) is 32.2 Å². The molecule has 0 radical (unpaired) electrons. The average Bonchev–Trinajstić information content (AvgIpc) is 2.67. The molecule has 0 bridgehead atoms. The number of aliphatic hydroxyl groups is 1. The van der Waals surface area contributed by atoms with Crippen molar-refractivity contribution in [2.24, 2.45) is 17.2 Å². The monoisotopic (exact) mass is 418 g/mol. The molecular formula is C16H30N6O7. The number of carbonyl (C=O) groups is 5. The van der Waals surface area contributed by atoms with Crippen LogP contribution in [0.1, 0.15) is 32.1 Å². The lowest BCUT2D eigenvalue weighted by Crippen LogP contribution is -2.57. The predicted octanol–water partition coefficient (Wildman–Crippen LogP) is -4.13. The van der Waals surface area contributed by atoms with E-state index in [9.17, 15) is 29.1 Å². The van der Waals surface area contributed by atoms with Gasteiger partial charge in [-0.15, -0.1) is 0 Å². The highest BCUT2D eigenvalue weighted by Gasteiger charge is 2.27. The van der Waals surface area contributed by atoms with E-state index in [4.69, 9.17) is 22.3 Å². The van der Waals surface area contributed by atoms with Gasteiger partial charge in [0.05, 0.1) is 12.6 Å². The van der Waals surface area contributed by atoms with Gasteiger partial charge in [0.2, 0.25) is 23.6 Å². The fraction of sp³-hybridized carbons (Fsp3) is 0.688. The van der Waals surface area contributed by atoms with Crippen LogP contribution in [0.5, 0.6) is 0 Å². The molecule has 3 atom stereocenters. The van der Waals surface area contributed by atoms with E-state index in [2.05, 4.69) is 16.0 Å². The van der Waals surface area contributed by atoms with Gasteiger partial charge in [-0.2, -0.15) is 0 Å². The Morgan fingerprint density at radius 3 is 2.03 bits per heavy atom. The molecule has 3 unspecified atom stereocenters. The molecule has 0 aliphatic heterocycles. The fourth-order valence-corrected chi connectivity index (χ4v) is 2.22. The topological polar surface area (TPSA) is 240 Å². The van der Waals surface area contributed by atoms with Crippen molar-refractivity contribution in [3.8, 4) is 0 Å². The number of carboxylic acid groups (broad SMARTS) is 1. The molecule has 29 heavy (non-hydrogen) atoms. The smallest absolute Gasteiger partial charge is 0.322 e. The van der Waals surface area contributed by atoms with Gasteiger partial charge in [0, 0.05) is 6.42 Å². The lowest BCUT2D eigenvalue weighted by Gasteiger charge is -2.23. The first-order chi connectivity index (χ1) is 13.6. The summed E-state index contributed by atoms with van der Waals surface area (Å²) in [5.74, 6) is -4.26. The Morgan fingerprint density at radius 2 is 1.52 bits per heavy atom. The number of unbranched alkanes of at least 4 members (excludes halogenated alkanes) is 1. The summed E-state index contributed by atoms with van der Waals surface area (Å²) in [6, 6.07) is -3.60. The SMILES string of the molecule is NCCCCC(NC(=O)C(CO)NC(=O)C(N)CCC(N)=O)C(=O)NCC(=O)O. The zero-order valence-electron chi connectivity index (χ0n) is 16.1. The average molecular weight is 418 g/mol. The molecule has 11 N–H and O–H groups in total. The molecule has 0 aromatic heterocycles. The highest BCUT2D eigenvalue weighted by Crippen LogP contribution is 2.02. The van der Waals surface area contributed by atoms with Gasteiger partial charge in [0.1, 0.15) is 18.6 Å². The number of hydrogen-bond acceptors (Lipinski definition) is 8. The first kappa shape index (κ1) is 26.2. The van der Waals surface area contributed by atoms with Crippen LogP contribution in [0.25, 0.3) is 0 Å². The molecule has 0 fully saturated rings. The van der Waals surface area contributed by atoms with Crippen LogP contribution in [-0.2, 0) is 24.0 Å². The van der Waals surface area contributed by atoms with E-state index in [1.165, 1.54) is 0 Å². The van der Waals surface area contributed by atoms with Gasteiger partial charge in [-0.25, -0.2) is 0 Å². The molecule has 0 heterocycles.